The molecule has 2 aromatic carbocycles. The van der Waals surface area contributed by atoms with Gasteiger partial charge in [0.2, 0.25) is 0 Å². The molecule has 0 fully saturated rings. The maximum Gasteiger partial charge on any atom is 0.361 e. The number of fused-ring (bicyclic) bond motifs is 1. The molecule has 0 bridgehead atoms. The Hall–Kier alpha value is -3.72. The van der Waals surface area contributed by atoms with Crippen molar-refractivity contribution in [3.8, 4) is 11.4 Å². The van der Waals surface area contributed by atoms with Crippen LogP contribution in [0.3, 0.4) is 0 Å². The maximum absolute atomic E-state index is 12.3. The number of aromatic nitrogens is 3. The molecule has 0 radical (unpaired) electrons. The van der Waals surface area contributed by atoms with E-state index >= 15 is 0 Å². The predicted octanol–water partition coefficient (Wildman–Crippen LogP) is 2.41. The highest BCUT2D eigenvalue weighted by atomic mass is 16.5. The first-order valence-corrected chi connectivity index (χ1v) is 10.6. The number of esters is 2. The van der Waals surface area contributed by atoms with Crippen molar-refractivity contribution in [2.45, 2.75) is 13.3 Å². The van der Waals surface area contributed by atoms with Gasteiger partial charge in [0.05, 0.1) is 20.7 Å². The highest BCUT2D eigenvalue weighted by molar-refractivity contribution is 5.86. The molecule has 0 saturated heterocycles. The molecule has 0 aliphatic heterocycles. The lowest BCUT2D eigenvalue weighted by atomic mass is 10.1. The van der Waals surface area contributed by atoms with Crippen LogP contribution in [-0.4, -0.2) is 76.9 Å². The van der Waals surface area contributed by atoms with Crippen molar-refractivity contribution >= 4 is 23.0 Å². The molecule has 1 aromatic heterocycles. The van der Waals surface area contributed by atoms with Crippen LogP contribution in [-0.2, 0) is 25.5 Å². The average Bonchev–Trinajstić information content (AvgIpc) is 3.18. The van der Waals surface area contributed by atoms with E-state index in [1.807, 2.05) is 38.4 Å². The smallest absolute Gasteiger partial charge is 0.361 e. The summed E-state index contributed by atoms with van der Waals surface area (Å²) in [6, 6.07) is 12.6. The van der Waals surface area contributed by atoms with Gasteiger partial charge in [-0.05, 0) is 36.8 Å². The highest BCUT2D eigenvalue weighted by Gasteiger charge is 2.22. The van der Waals surface area contributed by atoms with Gasteiger partial charge in [-0.15, -0.1) is 15.0 Å². The first-order valence-electron chi connectivity index (χ1n) is 10.6. The lowest BCUT2D eigenvalue weighted by Crippen LogP contribution is -2.46. The van der Waals surface area contributed by atoms with Crippen molar-refractivity contribution < 1.29 is 28.7 Å². The number of aromatic hydroxyl groups is 1. The van der Waals surface area contributed by atoms with Gasteiger partial charge in [-0.1, -0.05) is 24.8 Å². The first kappa shape index (κ1) is 23.9. The second kappa shape index (κ2) is 10.3. The summed E-state index contributed by atoms with van der Waals surface area (Å²) in [4.78, 5) is 25.1. The third-order valence-electron chi connectivity index (χ3n) is 5.03. The number of phenols is 1. The lowest BCUT2D eigenvalue weighted by Gasteiger charge is -2.28. The van der Waals surface area contributed by atoms with Gasteiger partial charge in [0.15, 0.2) is 6.54 Å². The molecule has 0 unspecified atom stereocenters. The number of hydrogen-bond acceptors (Lipinski definition) is 7. The SMILES string of the molecule is C=C(C)C(=O)OCC[N+](C)(C)CC(=O)OCCc1ccc(O)c(-n2nc3ccccc3n2)c1. The predicted molar refractivity (Wildman–Crippen MR) is 123 cm³/mol. The zero-order chi connectivity index (χ0) is 24.0. The Balaban J connectivity index is 1.52. The molecule has 174 valence electrons. The Kier molecular flexibility index (Phi) is 7.44. The van der Waals surface area contributed by atoms with Gasteiger partial charge in [0.25, 0.3) is 0 Å². The monoisotopic (exact) mass is 453 g/mol. The van der Waals surface area contributed by atoms with Gasteiger partial charge in [0, 0.05) is 12.0 Å². The number of benzene rings is 2. The summed E-state index contributed by atoms with van der Waals surface area (Å²) >= 11 is 0. The fraction of sp³-hybridized carbons (Fsp3) is 0.333. The molecule has 1 N–H and O–H groups in total. The summed E-state index contributed by atoms with van der Waals surface area (Å²) in [6.45, 7) is 6.14. The molecule has 3 rings (SSSR count). The number of carbonyl (C=O) groups is 2. The van der Waals surface area contributed by atoms with E-state index in [1.54, 1.807) is 25.1 Å². The zero-order valence-electron chi connectivity index (χ0n) is 19.2. The van der Waals surface area contributed by atoms with E-state index in [4.69, 9.17) is 9.47 Å². The molecule has 0 aliphatic rings. The number of ether oxygens (including phenoxy) is 2. The van der Waals surface area contributed by atoms with Crippen LogP contribution in [0.25, 0.3) is 16.7 Å². The molecule has 1 heterocycles. The molecule has 0 aliphatic carbocycles. The molecule has 9 nitrogen and oxygen atoms in total. The highest BCUT2D eigenvalue weighted by Crippen LogP contribution is 2.23. The van der Waals surface area contributed by atoms with Crippen LogP contribution >= 0.6 is 0 Å². The molecule has 0 spiro atoms. The number of rotatable bonds is 10. The van der Waals surface area contributed by atoms with Gasteiger partial charge in [-0.3, -0.25) is 0 Å². The van der Waals surface area contributed by atoms with E-state index in [1.165, 1.54) is 4.80 Å². The number of hydrogen-bond donors (Lipinski definition) is 1. The summed E-state index contributed by atoms with van der Waals surface area (Å²) in [6.07, 6.45) is 0.476. The number of quaternary nitrogens is 1. The van der Waals surface area contributed by atoms with Crippen LogP contribution in [0.15, 0.2) is 54.6 Å². The Labute approximate surface area is 192 Å². The van der Waals surface area contributed by atoms with E-state index in [0.717, 1.165) is 16.6 Å². The van der Waals surface area contributed by atoms with Crippen LogP contribution in [0.2, 0.25) is 0 Å². The number of nitrogens with zero attached hydrogens (tertiary/aromatic N) is 4. The minimum absolute atomic E-state index is 0.0578. The third kappa shape index (κ3) is 6.63. The van der Waals surface area contributed by atoms with Crippen molar-refractivity contribution in [2.24, 2.45) is 0 Å². The quantitative estimate of drug-likeness (QED) is 0.286. The molecule has 0 saturated carbocycles. The van der Waals surface area contributed by atoms with Gasteiger partial charge >= 0.3 is 11.9 Å². The van der Waals surface area contributed by atoms with Crippen molar-refractivity contribution in [3.05, 3.63) is 60.2 Å². The van der Waals surface area contributed by atoms with Crippen LogP contribution in [0, 0.1) is 0 Å². The fourth-order valence-electron chi connectivity index (χ4n) is 3.12. The molecular weight excluding hydrogens is 424 g/mol. The van der Waals surface area contributed by atoms with Crippen LogP contribution in [0.5, 0.6) is 5.75 Å². The maximum atomic E-state index is 12.3. The van der Waals surface area contributed by atoms with Crippen molar-refractivity contribution in [1.29, 1.82) is 0 Å². The Bertz CT molecular complexity index is 1140. The van der Waals surface area contributed by atoms with Gasteiger partial charge in [0.1, 0.15) is 35.6 Å². The summed E-state index contributed by atoms with van der Waals surface area (Å²) in [5, 5.41) is 19.1. The molecule has 33 heavy (non-hydrogen) atoms. The topological polar surface area (TPSA) is 104 Å². The van der Waals surface area contributed by atoms with E-state index in [9.17, 15) is 14.7 Å². The van der Waals surface area contributed by atoms with Crippen LogP contribution < -0.4 is 0 Å². The minimum Gasteiger partial charge on any atom is -0.506 e. The largest absolute Gasteiger partial charge is 0.506 e. The van der Waals surface area contributed by atoms with E-state index in [-0.39, 0.29) is 31.5 Å². The zero-order valence-corrected chi connectivity index (χ0v) is 19.2. The van der Waals surface area contributed by atoms with E-state index in [0.29, 0.717) is 28.7 Å². The lowest BCUT2D eigenvalue weighted by molar-refractivity contribution is -0.883. The van der Waals surface area contributed by atoms with Crippen molar-refractivity contribution in [1.82, 2.24) is 15.0 Å². The van der Waals surface area contributed by atoms with Gasteiger partial charge < -0.3 is 19.1 Å². The average molecular weight is 454 g/mol. The van der Waals surface area contributed by atoms with Crippen LogP contribution in [0.1, 0.15) is 12.5 Å². The minimum atomic E-state index is -0.441. The fourth-order valence-corrected chi connectivity index (χ4v) is 3.12. The summed E-state index contributed by atoms with van der Waals surface area (Å²) in [7, 11) is 3.73. The van der Waals surface area contributed by atoms with Crippen LogP contribution in [0.4, 0.5) is 0 Å². The van der Waals surface area contributed by atoms with E-state index in [2.05, 4.69) is 16.8 Å². The van der Waals surface area contributed by atoms with Gasteiger partial charge in [-0.2, -0.15) is 0 Å². The van der Waals surface area contributed by atoms with E-state index < -0.39 is 5.97 Å². The summed E-state index contributed by atoms with van der Waals surface area (Å²) < 4.78 is 10.8. The molecule has 0 atom stereocenters. The second-order valence-electron chi connectivity index (χ2n) is 8.51. The standard InChI is InChI=1S/C24H28N4O5/c1-17(2)24(31)33-14-12-28(3,4)16-23(30)32-13-11-18-9-10-22(29)21(15-18)27-25-19-7-5-6-8-20(19)26-27/h5-10,15H,1,11-14,16H2,2-4H3/p+1. The van der Waals surface area contributed by atoms with Crippen molar-refractivity contribution in [3.63, 3.8) is 0 Å². The number of carbonyl (C=O) groups excluding carboxylic acids is 2. The molecule has 3 aromatic rings. The molecule has 0 amide bonds. The normalized spacial score (nSPS) is 11.4. The Morgan fingerprint density at radius 1 is 1.06 bits per heavy atom. The first-order chi connectivity index (χ1) is 15.6. The summed E-state index contributed by atoms with van der Waals surface area (Å²) in [5.74, 6) is -0.725. The molecular formula is C24H29N4O5+. The number of phenolic OH excluding ortho intramolecular Hbond substituents is 1. The Morgan fingerprint density at radius 3 is 2.36 bits per heavy atom. The Morgan fingerprint density at radius 2 is 1.73 bits per heavy atom. The third-order valence-corrected chi connectivity index (χ3v) is 5.03. The second-order valence-corrected chi connectivity index (χ2v) is 8.51. The summed E-state index contributed by atoms with van der Waals surface area (Å²) in [5.41, 5.74) is 3.13. The van der Waals surface area contributed by atoms with Crippen molar-refractivity contribution in [2.75, 3.05) is 40.4 Å². The molecule has 9 heteroatoms. The number of likely N-dealkylation sites (N-methyl/N-ethyl adjacent to an activating group) is 1. The van der Waals surface area contributed by atoms with Gasteiger partial charge in [-0.25, -0.2) is 9.59 Å².